The van der Waals surface area contributed by atoms with Crippen LogP contribution in [0.5, 0.6) is 11.5 Å². The fraction of sp³-hybridized carbons (Fsp3) is 0.286. The maximum absolute atomic E-state index is 10.9. The molecule has 2 N–H and O–H groups in total. The van der Waals surface area contributed by atoms with Gasteiger partial charge < -0.3 is 14.6 Å². The number of hydrogen-bond acceptors (Lipinski definition) is 4. The number of benzene rings is 1. The van der Waals surface area contributed by atoms with E-state index in [0.29, 0.717) is 17.2 Å². The van der Waals surface area contributed by atoms with Crippen LogP contribution in [0.2, 0.25) is 0 Å². The Hall–Kier alpha value is -2.50. The Balaban J connectivity index is 2.64. The molecule has 0 aliphatic carbocycles. The Morgan fingerprint density at radius 3 is 2.45 bits per heavy atom. The van der Waals surface area contributed by atoms with Crippen molar-refractivity contribution in [1.29, 1.82) is 0 Å². The third-order valence-corrected chi connectivity index (χ3v) is 3.17. The molecule has 1 heterocycles. The molecular formula is C14H16N2O4. The van der Waals surface area contributed by atoms with Crippen LogP contribution >= 0.6 is 0 Å². The molecule has 6 heteroatoms. The first kappa shape index (κ1) is 13.9. The monoisotopic (exact) mass is 276 g/mol. The van der Waals surface area contributed by atoms with Crippen molar-refractivity contribution in [3.63, 3.8) is 0 Å². The maximum Gasteiger partial charge on any atom is 0.353 e. The number of aromatic amines is 1. The van der Waals surface area contributed by atoms with Crippen molar-refractivity contribution >= 4 is 5.97 Å². The Morgan fingerprint density at radius 2 is 1.95 bits per heavy atom. The molecule has 20 heavy (non-hydrogen) atoms. The van der Waals surface area contributed by atoms with Crippen LogP contribution in [0.25, 0.3) is 11.3 Å². The molecule has 1 aromatic heterocycles. The van der Waals surface area contributed by atoms with E-state index in [0.717, 1.165) is 16.7 Å². The molecule has 0 bridgehead atoms. The second-order valence-corrected chi connectivity index (χ2v) is 4.40. The van der Waals surface area contributed by atoms with Gasteiger partial charge in [0.2, 0.25) is 0 Å². The second-order valence-electron chi connectivity index (χ2n) is 4.40. The van der Waals surface area contributed by atoms with Gasteiger partial charge in [-0.2, -0.15) is 5.10 Å². The van der Waals surface area contributed by atoms with Gasteiger partial charge in [-0.05, 0) is 31.5 Å². The molecule has 0 aliphatic rings. The van der Waals surface area contributed by atoms with Crippen LogP contribution in [0, 0.1) is 13.8 Å². The number of H-pyrrole nitrogens is 1. The topological polar surface area (TPSA) is 84.4 Å². The number of ether oxygens (including phenoxy) is 2. The number of carboxylic acid groups (broad SMARTS) is 1. The summed E-state index contributed by atoms with van der Waals surface area (Å²) in [6, 6.07) is 3.35. The zero-order valence-electron chi connectivity index (χ0n) is 11.8. The summed E-state index contributed by atoms with van der Waals surface area (Å²) in [4.78, 5) is 10.9. The molecule has 0 aliphatic heterocycles. The number of aromatic nitrogens is 2. The highest BCUT2D eigenvalue weighted by Gasteiger charge is 2.18. The number of nitrogens with zero attached hydrogens (tertiary/aromatic N) is 1. The summed E-state index contributed by atoms with van der Waals surface area (Å²) in [7, 11) is 3.14. The standard InChI is InChI=1S/C14H16N2O4/c1-7-5-11(19-3)13(20-4)8(2)12(7)9-6-10(14(17)18)16-15-9/h5-6H,1-4H3,(H,15,16)(H,17,18). The number of rotatable bonds is 4. The van der Waals surface area contributed by atoms with Crippen LogP contribution in [-0.4, -0.2) is 35.5 Å². The van der Waals surface area contributed by atoms with Crippen LogP contribution in [0.4, 0.5) is 0 Å². The highest BCUT2D eigenvalue weighted by atomic mass is 16.5. The minimum atomic E-state index is -1.04. The lowest BCUT2D eigenvalue weighted by Gasteiger charge is -2.15. The molecule has 2 aromatic rings. The van der Waals surface area contributed by atoms with E-state index in [2.05, 4.69) is 10.2 Å². The first-order valence-electron chi connectivity index (χ1n) is 6.00. The number of aryl methyl sites for hydroxylation is 1. The smallest absolute Gasteiger partial charge is 0.353 e. The molecule has 0 unspecified atom stereocenters. The van der Waals surface area contributed by atoms with Crippen molar-refractivity contribution in [2.45, 2.75) is 13.8 Å². The molecule has 0 saturated heterocycles. The van der Waals surface area contributed by atoms with Gasteiger partial charge in [-0.3, -0.25) is 5.10 Å². The molecule has 0 radical (unpaired) electrons. The summed E-state index contributed by atoms with van der Waals surface area (Å²) >= 11 is 0. The fourth-order valence-electron chi connectivity index (χ4n) is 2.29. The number of carboxylic acids is 1. The van der Waals surface area contributed by atoms with E-state index in [1.54, 1.807) is 14.2 Å². The van der Waals surface area contributed by atoms with E-state index >= 15 is 0 Å². The Bertz CT molecular complexity index is 661. The van der Waals surface area contributed by atoms with Gasteiger partial charge in [0.25, 0.3) is 0 Å². The molecule has 0 amide bonds. The fourth-order valence-corrected chi connectivity index (χ4v) is 2.29. The van der Waals surface area contributed by atoms with E-state index in [-0.39, 0.29) is 5.69 Å². The summed E-state index contributed by atoms with van der Waals surface area (Å²) in [5.74, 6) is 0.216. The van der Waals surface area contributed by atoms with Crippen LogP contribution in [0.15, 0.2) is 12.1 Å². The van der Waals surface area contributed by atoms with Gasteiger partial charge in [0.05, 0.1) is 19.9 Å². The number of methoxy groups -OCH3 is 2. The second kappa shape index (κ2) is 5.24. The van der Waals surface area contributed by atoms with Gasteiger partial charge in [-0.1, -0.05) is 0 Å². The van der Waals surface area contributed by atoms with Crippen LogP contribution in [0.1, 0.15) is 21.6 Å². The number of aromatic carboxylic acids is 1. The summed E-state index contributed by atoms with van der Waals surface area (Å²) in [5.41, 5.74) is 3.25. The predicted octanol–water partition coefficient (Wildman–Crippen LogP) is 2.41. The quantitative estimate of drug-likeness (QED) is 0.895. The average Bonchev–Trinajstić information content (AvgIpc) is 2.87. The van der Waals surface area contributed by atoms with E-state index in [1.165, 1.54) is 6.07 Å². The van der Waals surface area contributed by atoms with E-state index in [1.807, 2.05) is 19.9 Å². The Morgan fingerprint density at radius 1 is 1.25 bits per heavy atom. The van der Waals surface area contributed by atoms with Crippen molar-refractivity contribution in [1.82, 2.24) is 10.2 Å². The zero-order chi connectivity index (χ0) is 14.9. The number of hydrogen-bond donors (Lipinski definition) is 2. The molecule has 6 nitrogen and oxygen atoms in total. The first-order chi connectivity index (χ1) is 9.49. The summed E-state index contributed by atoms with van der Waals surface area (Å²) in [6.45, 7) is 3.80. The highest BCUT2D eigenvalue weighted by molar-refractivity contribution is 5.87. The third kappa shape index (κ3) is 2.20. The molecule has 106 valence electrons. The maximum atomic E-state index is 10.9. The predicted molar refractivity (Wildman–Crippen MR) is 73.6 cm³/mol. The van der Waals surface area contributed by atoms with Crippen molar-refractivity contribution in [2.75, 3.05) is 14.2 Å². The normalized spacial score (nSPS) is 10.4. The van der Waals surface area contributed by atoms with Gasteiger partial charge in [0.15, 0.2) is 11.5 Å². The van der Waals surface area contributed by atoms with Gasteiger partial charge in [0, 0.05) is 11.1 Å². The molecule has 0 fully saturated rings. The average molecular weight is 276 g/mol. The van der Waals surface area contributed by atoms with Gasteiger partial charge in [-0.15, -0.1) is 0 Å². The lowest BCUT2D eigenvalue weighted by atomic mass is 9.98. The number of nitrogens with one attached hydrogen (secondary N) is 1. The van der Waals surface area contributed by atoms with Crippen molar-refractivity contribution < 1.29 is 19.4 Å². The molecule has 0 saturated carbocycles. The zero-order valence-corrected chi connectivity index (χ0v) is 11.8. The van der Waals surface area contributed by atoms with Crippen molar-refractivity contribution in [2.24, 2.45) is 0 Å². The largest absolute Gasteiger partial charge is 0.493 e. The highest BCUT2D eigenvalue weighted by Crippen LogP contribution is 2.39. The van der Waals surface area contributed by atoms with Crippen molar-refractivity contribution in [3.05, 3.63) is 29.0 Å². The summed E-state index contributed by atoms with van der Waals surface area (Å²) < 4.78 is 10.6. The third-order valence-electron chi connectivity index (χ3n) is 3.17. The van der Waals surface area contributed by atoms with E-state index in [4.69, 9.17) is 14.6 Å². The minimum Gasteiger partial charge on any atom is -0.493 e. The lowest BCUT2D eigenvalue weighted by Crippen LogP contribution is -1.98. The molecule has 0 spiro atoms. The lowest BCUT2D eigenvalue weighted by molar-refractivity contribution is 0.0690. The summed E-state index contributed by atoms with van der Waals surface area (Å²) in [5, 5.41) is 15.5. The van der Waals surface area contributed by atoms with Gasteiger partial charge in [-0.25, -0.2) is 4.79 Å². The van der Waals surface area contributed by atoms with Crippen LogP contribution in [0.3, 0.4) is 0 Å². The SMILES string of the molecule is COc1cc(C)c(-c2cc(C(=O)O)[nH]n2)c(C)c1OC. The van der Waals surface area contributed by atoms with E-state index in [9.17, 15) is 4.79 Å². The van der Waals surface area contributed by atoms with Crippen molar-refractivity contribution in [3.8, 4) is 22.8 Å². The van der Waals surface area contributed by atoms with E-state index < -0.39 is 5.97 Å². The summed E-state index contributed by atoms with van der Waals surface area (Å²) in [6.07, 6.45) is 0. The van der Waals surface area contributed by atoms with Crippen LogP contribution in [-0.2, 0) is 0 Å². The molecule has 1 aromatic carbocycles. The molecule has 0 atom stereocenters. The minimum absolute atomic E-state index is 0.0496. The molecule has 2 rings (SSSR count). The van der Waals surface area contributed by atoms with Crippen LogP contribution < -0.4 is 9.47 Å². The number of carbonyl (C=O) groups is 1. The Kier molecular flexibility index (Phi) is 3.65. The Labute approximate surface area is 116 Å². The first-order valence-corrected chi connectivity index (χ1v) is 6.00. The van der Waals surface area contributed by atoms with Gasteiger partial charge in [0.1, 0.15) is 5.69 Å². The molecular weight excluding hydrogens is 260 g/mol. The van der Waals surface area contributed by atoms with Gasteiger partial charge >= 0.3 is 5.97 Å².